The first-order valence-electron chi connectivity index (χ1n) is 11.0. The van der Waals surface area contributed by atoms with Crippen LogP contribution in [0.2, 0.25) is 0 Å². The number of hydrogen-bond acceptors (Lipinski definition) is 5. The van der Waals surface area contributed by atoms with Crippen molar-refractivity contribution in [2.24, 2.45) is 0 Å². The predicted octanol–water partition coefficient (Wildman–Crippen LogP) is 5.18. The summed E-state index contributed by atoms with van der Waals surface area (Å²) in [6.45, 7) is 3.15. The lowest BCUT2D eigenvalue weighted by atomic mass is 9.93. The standard InChI is InChI=1S/C26H23N3O2S/c30-25(28-26-27-23-6-1-2-7-24(23)32-26)21-5-3-4-18-10-12-29(15-22(18)21)20-9-8-17-11-13-31-16-19(17)14-20/h1-9,14H,10-13,15-16H2,(H,27,28,30). The highest BCUT2D eigenvalue weighted by Crippen LogP contribution is 2.31. The topological polar surface area (TPSA) is 54.5 Å². The monoisotopic (exact) mass is 441 g/mol. The van der Waals surface area contributed by atoms with Gasteiger partial charge < -0.3 is 9.64 Å². The predicted molar refractivity (Wildman–Crippen MR) is 129 cm³/mol. The van der Waals surface area contributed by atoms with Gasteiger partial charge in [0, 0.05) is 24.3 Å². The molecule has 0 saturated heterocycles. The molecule has 0 fully saturated rings. The molecule has 160 valence electrons. The van der Waals surface area contributed by atoms with Crippen molar-refractivity contribution in [3.8, 4) is 0 Å². The van der Waals surface area contributed by atoms with Gasteiger partial charge in [0.15, 0.2) is 5.13 Å². The zero-order valence-corrected chi connectivity index (χ0v) is 18.5. The molecule has 6 heteroatoms. The van der Waals surface area contributed by atoms with Crippen LogP contribution < -0.4 is 10.2 Å². The zero-order chi connectivity index (χ0) is 21.5. The van der Waals surface area contributed by atoms with Crippen LogP contribution in [0.15, 0.2) is 60.7 Å². The summed E-state index contributed by atoms with van der Waals surface area (Å²) in [5.74, 6) is -0.0957. The van der Waals surface area contributed by atoms with Gasteiger partial charge in [-0.25, -0.2) is 4.98 Å². The van der Waals surface area contributed by atoms with Gasteiger partial charge in [0.1, 0.15) is 0 Å². The molecule has 2 aliphatic rings. The molecule has 0 unspecified atom stereocenters. The summed E-state index contributed by atoms with van der Waals surface area (Å²) < 4.78 is 6.72. The first-order chi connectivity index (χ1) is 15.7. The maximum Gasteiger partial charge on any atom is 0.257 e. The number of aromatic nitrogens is 1. The lowest BCUT2D eigenvalue weighted by Gasteiger charge is -2.32. The molecular formula is C26H23N3O2S. The lowest BCUT2D eigenvalue weighted by molar-refractivity contribution is 0.102. The number of carbonyl (C=O) groups is 1. The molecule has 6 rings (SSSR count). The number of ether oxygens (including phenoxy) is 1. The minimum Gasteiger partial charge on any atom is -0.376 e. The van der Waals surface area contributed by atoms with Crippen LogP contribution in [0.3, 0.4) is 0 Å². The highest BCUT2D eigenvalue weighted by Gasteiger charge is 2.23. The normalized spacial score (nSPS) is 15.3. The summed E-state index contributed by atoms with van der Waals surface area (Å²) in [6.07, 6.45) is 1.90. The number of nitrogens with zero attached hydrogens (tertiary/aromatic N) is 2. The van der Waals surface area contributed by atoms with Crippen LogP contribution in [0.4, 0.5) is 10.8 Å². The van der Waals surface area contributed by atoms with Crippen molar-refractivity contribution in [1.29, 1.82) is 0 Å². The largest absolute Gasteiger partial charge is 0.376 e. The fraction of sp³-hybridized carbons (Fsp3) is 0.231. The number of thiazole rings is 1. The molecule has 0 aliphatic carbocycles. The Morgan fingerprint density at radius 1 is 1.00 bits per heavy atom. The van der Waals surface area contributed by atoms with Crippen molar-refractivity contribution < 1.29 is 9.53 Å². The Hall–Kier alpha value is -3.22. The molecule has 0 radical (unpaired) electrons. The van der Waals surface area contributed by atoms with Gasteiger partial charge in [-0.2, -0.15) is 0 Å². The number of hydrogen-bond donors (Lipinski definition) is 1. The Kier molecular flexibility index (Phi) is 4.89. The van der Waals surface area contributed by atoms with E-state index in [1.54, 1.807) is 0 Å². The third kappa shape index (κ3) is 3.55. The van der Waals surface area contributed by atoms with Crippen LogP contribution in [0.5, 0.6) is 0 Å². The molecule has 0 spiro atoms. The molecule has 32 heavy (non-hydrogen) atoms. The van der Waals surface area contributed by atoms with E-state index in [9.17, 15) is 4.79 Å². The average Bonchev–Trinajstić information content (AvgIpc) is 3.25. The molecule has 1 amide bonds. The highest BCUT2D eigenvalue weighted by atomic mass is 32.1. The van der Waals surface area contributed by atoms with Gasteiger partial charge in [0.25, 0.3) is 5.91 Å². The van der Waals surface area contributed by atoms with E-state index in [1.165, 1.54) is 33.7 Å². The number of fused-ring (bicyclic) bond motifs is 3. The van der Waals surface area contributed by atoms with Crippen molar-refractivity contribution in [3.05, 3.63) is 88.5 Å². The summed E-state index contributed by atoms with van der Waals surface area (Å²) >= 11 is 1.50. The fourth-order valence-corrected chi connectivity index (χ4v) is 5.52. The molecule has 1 N–H and O–H groups in total. The number of amides is 1. The van der Waals surface area contributed by atoms with Gasteiger partial charge in [-0.3, -0.25) is 10.1 Å². The smallest absolute Gasteiger partial charge is 0.257 e. The quantitative estimate of drug-likeness (QED) is 0.476. The van der Waals surface area contributed by atoms with E-state index in [0.29, 0.717) is 11.7 Å². The third-order valence-electron chi connectivity index (χ3n) is 6.36. The summed E-state index contributed by atoms with van der Waals surface area (Å²) in [4.78, 5) is 20.1. The molecule has 0 saturated carbocycles. The van der Waals surface area contributed by atoms with Crippen molar-refractivity contribution in [2.45, 2.75) is 26.0 Å². The minimum absolute atomic E-state index is 0.0957. The Morgan fingerprint density at radius 2 is 1.94 bits per heavy atom. The molecule has 5 nitrogen and oxygen atoms in total. The summed E-state index contributed by atoms with van der Waals surface area (Å²) in [7, 11) is 0. The van der Waals surface area contributed by atoms with Gasteiger partial charge in [-0.05, 0) is 65.4 Å². The number of nitrogens with one attached hydrogen (secondary N) is 1. The first kappa shape index (κ1) is 19.5. The number of para-hydroxylation sites is 1. The van der Waals surface area contributed by atoms with Crippen molar-refractivity contribution >= 4 is 38.3 Å². The Balaban J connectivity index is 1.27. The second kappa shape index (κ2) is 8.04. The van der Waals surface area contributed by atoms with Crippen molar-refractivity contribution in [3.63, 3.8) is 0 Å². The van der Waals surface area contributed by atoms with E-state index in [4.69, 9.17) is 4.74 Å². The maximum atomic E-state index is 13.2. The number of anilines is 2. The average molecular weight is 442 g/mol. The van der Waals surface area contributed by atoms with Crippen LogP contribution in [-0.4, -0.2) is 24.0 Å². The second-order valence-corrected chi connectivity index (χ2v) is 9.34. The van der Waals surface area contributed by atoms with Gasteiger partial charge in [0.05, 0.1) is 23.4 Å². The van der Waals surface area contributed by atoms with Gasteiger partial charge >= 0.3 is 0 Å². The zero-order valence-electron chi connectivity index (χ0n) is 17.6. The van der Waals surface area contributed by atoms with Crippen LogP contribution in [0, 0.1) is 0 Å². The molecule has 1 aromatic heterocycles. The van der Waals surface area contributed by atoms with Gasteiger partial charge in [-0.1, -0.05) is 41.7 Å². The number of benzene rings is 3. The van der Waals surface area contributed by atoms with Crippen LogP contribution in [-0.2, 0) is 30.7 Å². The lowest BCUT2D eigenvalue weighted by Crippen LogP contribution is -2.32. The van der Waals surface area contributed by atoms with E-state index in [1.807, 2.05) is 36.4 Å². The highest BCUT2D eigenvalue weighted by molar-refractivity contribution is 7.22. The first-order valence-corrected chi connectivity index (χ1v) is 11.8. The molecule has 0 bridgehead atoms. The Morgan fingerprint density at radius 3 is 2.88 bits per heavy atom. The second-order valence-electron chi connectivity index (χ2n) is 8.31. The fourth-order valence-electron chi connectivity index (χ4n) is 4.66. The maximum absolute atomic E-state index is 13.2. The molecule has 0 atom stereocenters. The van der Waals surface area contributed by atoms with E-state index < -0.39 is 0 Å². The van der Waals surface area contributed by atoms with Gasteiger partial charge in [0.2, 0.25) is 0 Å². The Bertz CT molecular complexity index is 1300. The van der Waals surface area contributed by atoms with Crippen LogP contribution in [0.25, 0.3) is 10.2 Å². The van der Waals surface area contributed by atoms with Crippen LogP contribution >= 0.6 is 11.3 Å². The third-order valence-corrected chi connectivity index (χ3v) is 7.31. The van der Waals surface area contributed by atoms with E-state index >= 15 is 0 Å². The van der Waals surface area contributed by atoms with Crippen molar-refractivity contribution in [1.82, 2.24) is 4.98 Å². The van der Waals surface area contributed by atoms with Crippen LogP contribution in [0.1, 0.15) is 32.6 Å². The summed E-state index contributed by atoms with van der Waals surface area (Å²) in [5, 5.41) is 3.66. The molecule has 4 aromatic rings. The van der Waals surface area contributed by atoms with E-state index in [2.05, 4.69) is 39.5 Å². The molecule has 3 heterocycles. The van der Waals surface area contributed by atoms with E-state index in [-0.39, 0.29) is 5.91 Å². The summed E-state index contributed by atoms with van der Waals surface area (Å²) in [6, 6.07) is 20.7. The minimum atomic E-state index is -0.0957. The molecule has 3 aromatic carbocycles. The Labute approximate surface area is 190 Å². The van der Waals surface area contributed by atoms with Crippen molar-refractivity contribution in [2.75, 3.05) is 23.4 Å². The van der Waals surface area contributed by atoms with E-state index in [0.717, 1.165) is 53.9 Å². The molecule has 2 aliphatic heterocycles. The number of carbonyl (C=O) groups excluding carboxylic acids is 1. The van der Waals surface area contributed by atoms with Gasteiger partial charge in [-0.15, -0.1) is 0 Å². The molecular weight excluding hydrogens is 418 g/mol. The number of rotatable bonds is 3. The SMILES string of the molecule is O=C(Nc1nc2ccccc2s1)c1cccc2c1CN(c1ccc3c(c1)COCC3)CC2. The summed E-state index contributed by atoms with van der Waals surface area (Å²) in [5.41, 5.74) is 7.85.